The first-order chi connectivity index (χ1) is 14.8. The molecule has 2 aromatic rings. The molecular formula is C30H40. The lowest BCUT2D eigenvalue weighted by Crippen LogP contribution is -2.13. The van der Waals surface area contributed by atoms with Crippen LogP contribution in [0.15, 0.2) is 60.7 Å². The van der Waals surface area contributed by atoms with Gasteiger partial charge in [-0.1, -0.05) is 80.4 Å². The molecular weight excluding hydrogens is 360 g/mol. The highest BCUT2D eigenvalue weighted by molar-refractivity contribution is 5.64. The maximum absolute atomic E-state index is 2.40. The van der Waals surface area contributed by atoms with E-state index >= 15 is 0 Å². The Bertz CT molecular complexity index is 779. The van der Waals surface area contributed by atoms with Gasteiger partial charge in [-0.2, -0.15) is 0 Å². The minimum atomic E-state index is 0.755. The molecule has 0 heteroatoms. The second kappa shape index (κ2) is 10.5. The van der Waals surface area contributed by atoms with E-state index in [4.69, 9.17) is 0 Å². The molecule has 0 aliphatic heterocycles. The Labute approximate surface area is 184 Å². The fourth-order valence-electron chi connectivity index (χ4n) is 6.01. The van der Waals surface area contributed by atoms with Crippen LogP contribution in [0, 0.1) is 11.8 Å². The molecule has 0 nitrogen and oxygen atoms in total. The van der Waals surface area contributed by atoms with Crippen molar-refractivity contribution in [3.63, 3.8) is 0 Å². The molecule has 2 aliphatic rings. The molecule has 0 heterocycles. The highest BCUT2D eigenvalue weighted by Crippen LogP contribution is 2.39. The smallest absolute Gasteiger partial charge is 0.0162 e. The van der Waals surface area contributed by atoms with Gasteiger partial charge in [0, 0.05) is 0 Å². The summed E-state index contributed by atoms with van der Waals surface area (Å²) < 4.78 is 0. The van der Waals surface area contributed by atoms with Crippen LogP contribution < -0.4 is 0 Å². The fraction of sp³-hybridized carbons (Fsp3) is 0.533. The van der Waals surface area contributed by atoms with Gasteiger partial charge >= 0.3 is 0 Å². The van der Waals surface area contributed by atoms with Gasteiger partial charge in [-0.05, 0) is 104 Å². The molecule has 0 amide bonds. The summed E-state index contributed by atoms with van der Waals surface area (Å²) in [4.78, 5) is 0. The van der Waals surface area contributed by atoms with Gasteiger partial charge in [0.2, 0.25) is 0 Å². The first kappa shape index (κ1) is 21.4. The third kappa shape index (κ3) is 5.26. The average molecular weight is 401 g/mol. The second-order valence-electron chi connectivity index (χ2n) is 9.89. The predicted octanol–water partition coefficient (Wildman–Crippen LogP) is 9.28. The molecule has 0 aromatic heterocycles. The first-order valence-electron chi connectivity index (χ1n) is 12.6. The van der Waals surface area contributed by atoms with Crippen LogP contribution in [0.3, 0.4) is 0 Å². The van der Waals surface area contributed by atoms with E-state index in [1.807, 2.05) is 0 Å². The Morgan fingerprint density at radius 1 is 0.667 bits per heavy atom. The molecule has 0 spiro atoms. The summed E-state index contributed by atoms with van der Waals surface area (Å²) in [6, 6.07) is 19.0. The molecule has 0 N–H and O–H groups in total. The van der Waals surface area contributed by atoms with Gasteiger partial charge in [0.1, 0.15) is 0 Å². The molecule has 0 bridgehead atoms. The maximum Gasteiger partial charge on any atom is -0.0162 e. The van der Waals surface area contributed by atoms with Crippen molar-refractivity contribution in [3.05, 3.63) is 71.8 Å². The van der Waals surface area contributed by atoms with Crippen LogP contribution in [0.25, 0.3) is 11.1 Å². The van der Waals surface area contributed by atoms with E-state index in [1.165, 1.54) is 80.9 Å². The molecule has 160 valence electrons. The Hall–Kier alpha value is -1.82. The number of allylic oxidation sites excluding steroid dienone is 2. The van der Waals surface area contributed by atoms with Crippen molar-refractivity contribution in [1.29, 1.82) is 0 Å². The number of rotatable bonds is 6. The van der Waals surface area contributed by atoms with Gasteiger partial charge < -0.3 is 0 Å². The summed E-state index contributed by atoms with van der Waals surface area (Å²) in [6.45, 7) is 4.47. The minimum Gasteiger partial charge on any atom is -0.0914 e. The molecule has 4 rings (SSSR count). The monoisotopic (exact) mass is 400 g/mol. The fourth-order valence-corrected chi connectivity index (χ4v) is 6.01. The van der Waals surface area contributed by atoms with Crippen LogP contribution in [0.4, 0.5) is 0 Å². The lowest BCUT2D eigenvalue weighted by molar-refractivity contribution is 0.308. The zero-order valence-corrected chi connectivity index (χ0v) is 19.2. The molecule has 0 saturated heterocycles. The van der Waals surface area contributed by atoms with Crippen molar-refractivity contribution in [2.45, 2.75) is 89.9 Å². The van der Waals surface area contributed by atoms with E-state index in [9.17, 15) is 0 Å². The van der Waals surface area contributed by atoms with Gasteiger partial charge in [-0.25, -0.2) is 0 Å². The quantitative estimate of drug-likeness (QED) is 0.424. The topological polar surface area (TPSA) is 0 Å². The van der Waals surface area contributed by atoms with Crippen molar-refractivity contribution in [1.82, 2.24) is 0 Å². The van der Waals surface area contributed by atoms with Crippen LogP contribution in [-0.2, 0) is 0 Å². The third-order valence-electron chi connectivity index (χ3n) is 7.88. The second-order valence-corrected chi connectivity index (χ2v) is 9.89. The van der Waals surface area contributed by atoms with Crippen LogP contribution >= 0.6 is 0 Å². The maximum atomic E-state index is 2.40. The van der Waals surface area contributed by atoms with Crippen molar-refractivity contribution in [3.8, 4) is 11.1 Å². The summed E-state index contributed by atoms with van der Waals surface area (Å²) in [6.07, 6.45) is 18.4. The van der Waals surface area contributed by atoms with Crippen molar-refractivity contribution in [2.24, 2.45) is 11.8 Å². The highest BCUT2D eigenvalue weighted by Gasteiger charge is 2.22. The zero-order valence-electron chi connectivity index (χ0n) is 19.2. The molecule has 0 unspecified atom stereocenters. The molecule has 2 fully saturated rings. The number of hydrogen-bond acceptors (Lipinski definition) is 0. The lowest BCUT2D eigenvalue weighted by atomic mass is 9.77. The van der Waals surface area contributed by atoms with E-state index in [2.05, 4.69) is 74.5 Å². The zero-order chi connectivity index (χ0) is 20.8. The first-order valence-corrected chi connectivity index (χ1v) is 12.6. The van der Waals surface area contributed by atoms with Gasteiger partial charge in [0.25, 0.3) is 0 Å². The third-order valence-corrected chi connectivity index (χ3v) is 7.88. The Morgan fingerprint density at radius 3 is 1.57 bits per heavy atom. The Morgan fingerprint density at radius 2 is 1.13 bits per heavy atom. The van der Waals surface area contributed by atoms with E-state index in [0.717, 1.165) is 23.7 Å². The average Bonchev–Trinajstić information content (AvgIpc) is 2.81. The Balaban J connectivity index is 1.35. The van der Waals surface area contributed by atoms with Crippen molar-refractivity contribution < 1.29 is 0 Å². The van der Waals surface area contributed by atoms with Crippen LogP contribution in [0.1, 0.15) is 101 Å². The van der Waals surface area contributed by atoms with Gasteiger partial charge in [-0.3, -0.25) is 0 Å². The van der Waals surface area contributed by atoms with Gasteiger partial charge in [-0.15, -0.1) is 0 Å². The standard InChI is InChI=1S/C30H40/c1-3-5-23-7-11-25(12-8-23)27-15-19-29(20-16-27)30-21-17-28(18-22-30)26-13-9-24(6-4-2)10-14-26/h3,5,15-26H,4,6-14H2,1-2H3/b5-3+. The summed E-state index contributed by atoms with van der Waals surface area (Å²) >= 11 is 0. The summed E-state index contributed by atoms with van der Waals surface area (Å²) in [5.41, 5.74) is 5.82. The lowest BCUT2D eigenvalue weighted by Gasteiger charge is -2.28. The van der Waals surface area contributed by atoms with Crippen molar-refractivity contribution in [2.75, 3.05) is 0 Å². The Kier molecular flexibility index (Phi) is 7.47. The molecule has 2 aromatic carbocycles. The molecule has 30 heavy (non-hydrogen) atoms. The van der Waals surface area contributed by atoms with E-state index in [1.54, 1.807) is 5.56 Å². The molecule has 0 atom stereocenters. The summed E-state index contributed by atoms with van der Waals surface area (Å²) in [7, 11) is 0. The van der Waals surface area contributed by atoms with Gasteiger partial charge in [0.05, 0.1) is 0 Å². The molecule has 0 radical (unpaired) electrons. The highest BCUT2D eigenvalue weighted by atomic mass is 14.3. The van der Waals surface area contributed by atoms with Gasteiger partial charge in [0.15, 0.2) is 0 Å². The number of hydrogen-bond donors (Lipinski definition) is 0. The van der Waals surface area contributed by atoms with E-state index < -0.39 is 0 Å². The van der Waals surface area contributed by atoms with E-state index in [-0.39, 0.29) is 0 Å². The van der Waals surface area contributed by atoms with Crippen LogP contribution in [-0.4, -0.2) is 0 Å². The largest absolute Gasteiger partial charge is 0.0914 e. The normalized spacial score (nSPS) is 27.4. The van der Waals surface area contributed by atoms with E-state index in [0.29, 0.717) is 0 Å². The minimum absolute atomic E-state index is 0.755. The van der Waals surface area contributed by atoms with Crippen LogP contribution in [0.2, 0.25) is 0 Å². The summed E-state index contributed by atoms with van der Waals surface area (Å²) in [5.74, 6) is 3.34. The van der Waals surface area contributed by atoms with Crippen molar-refractivity contribution >= 4 is 0 Å². The SMILES string of the molecule is C/C=C/C1CCC(c2ccc(-c3ccc(C4CCC(CCC)CC4)cc3)cc2)CC1. The predicted molar refractivity (Wildman–Crippen MR) is 131 cm³/mol. The van der Waals surface area contributed by atoms with Crippen LogP contribution in [0.5, 0.6) is 0 Å². The molecule has 2 aliphatic carbocycles. The summed E-state index contributed by atoms with van der Waals surface area (Å²) in [5, 5.41) is 0. The number of benzene rings is 2. The molecule has 2 saturated carbocycles.